The van der Waals surface area contributed by atoms with Gasteiger partial charge in [0.2, 0.25) is 0 Å². The highest BCUT2D eigenvalue weighted by atomic mass is 14.1. The normalized spacial score (nSPS) is 12.7. The van der Waals surface area contributed by atoms with Crippen molar-refractivity contribution in [1.29, 1.82) is 0 Å². The van der Waals surface area contributed by atoms with Crippen molar-refractivity contribution in [2.24, 2.45) is 0 Å². The van der Waals surface area contributed by atoms with Crippen LogP contribution in [-0.4, -0.2) is 0 Å². The van der Waals surface area contributed by atoms with E-state index in [0.717, 1.165) is 0 Å². The Kier molecular flexibility index (Phi) is 6.29. The van der Waals surface area contributed by atoms with Gasteiger partial charge in [0.15, 0.2) is 0 Å². The van der Waals surface area contributed by atoms with E-state index in [-0.39, 0.29) is 0 Å². The average Bonchev–Trinajstić information content (AvgIpc) is 2.49. The lowest BCUT2D eigenvalue weighted by Crippen LogP contribution is -1.97. The van der Waals surface area contributed by atoms with Crippen molar-refractivity contribution in [2.45, 2.75) is 71.6 Å². The standard InChI is InChI=1S/C21H30/c1-4-5-6-7-8-9-12-17(2)21-16-20-14-11-10-13-19(20)15-18(21)3/h10-11,13-17H,4-9,12H2,1-3H3. The number of hydrogen-bond acceptors (Lipinski definition) is 0. The molecule has 114 valence electrons. The Hall–Kier alpha value is -1.30. The van der Waals surface area contributed by atoms with Crippen molar-refractivity contribution < 1.29 is 0 Å². The molecule has 0 aliphatic heterocycles. The molecule has 0 aliphatic carbocycles. The largest absolute Gasteiger partial charge is 0.0654 e. The van der Waals surface area contributed by atoms with Gasteiger partial charge in [0.25, 0.3) is 0 Å². The van der Waals surface area contributed by atoms with E-state index < -0.39 is 0 Å². The van der Waals surface area contributed by atoms with E-state index in [4.69, 9.17) is 0 Å². The maximum Gasteiger partial charge on any atom is -0.0181 e. The average molecular weight is 282 g/mol. The molecule has 21 heavy (non-hydrogen) atoms. The third kappa shape index (κ3) is 4.59. The highest BCUT2D eigenvalue weighted by Crippen LogP contribution is 2.29. The molecule has 0 saturated heterocycles. The highest BCUT2D eigenvalue weighted by Gasteiger charge is 2.09. The first-order valence-corrected chi connectivity index (χ1v) is 8.71. The maximum atomic E-state index is 2.41. The highest BCUT2D eigenvalue weighted by molar-refractivity contribution is 5.84. The summed E-state index contributed by atoms with van der Waals surface area (Å²) in [5.41, 5.74) is 2.99. The van der Waals surface area contributed by atoms with Gasteiger partial charge in [-0.15, -0.1) is 0 Å². The van der Waals surface area contributed by atoms with E-state index in [1.807, 2.05) is 0 Å². The van der Waals surface area contributed by atoms with Gasteiger partial charge in [-0.2, -0.15) is 0 Å². The number of fused-ring (bicyclic) bond motifs is 1. The van der Waals surface area contributed by atoms with Crippen LogP contribution in [0.3, 0.4) is 0 Å². The summed E-state index contributed by atoms with van der Waals surface area (Å²) in [6, 6.07) is 13.5. The summed E-state index contributed by atoms with van der Waals surface area (Å²) in [5, 5.41) is 2.75. The van der Waals surface area contributed by atoms with E-state index in [1.165, 1.54) is 61.3 Å². The molecule has 2 aromatic rings. The van der Waals surface area contributed by atoms with Crippen LogP contribution in [-0.2, 0) is 0 Å². The van der Waals surface area contributed by atoms with Crippen molar-refractivity contribution in [2.75, 3.05) is 0 Å². The first-order valence-electron chi connectivity index (χ1n) is 8.71. The molecule has 0 fully saturated rings. The van der Waals surface area contributed by atoms with Crippen LogP contribution >= 0.6 is 0 Å². The van der Waals surface area contributed by atoms with E-state index in [0.29, 0.717) is 5.92 Å². The molecule has 0 heteroatoms. The zero-order valence-electron chi connectivity index (χ0n) is 14.0. The van der Waals surface area contributed by atoms with Crippen LogP contribution in [0.1, 0.15) is 75.8 Å². The van der Waals surface area contributed by atoms with Crippen LogP contribution in [0.5, 0.6) is 0 Å². The van der Waals surface area contributed by atoms with Gasteiger partial charge in [0, 0.05) is 0 Å². The Labute approximate surface area is 130 Å². The lowest BCUT2D eigenvalue weighted by Gasteiger charge is -2.16. The second-order valence-electron chi connectivity index (χ2n) is 6.51. The van der Waals surface area contributed by atoms with Crippen LogP contribution in [0, 0.1) is 6.92 Å². The minimum absolute atomic E-state index is 0.681. The topological polar surface area (TPSA) is 0 Å². The zero-order chi connectivity index (χ0) is 15.1. The number of unbranched alkanes of at least 4 members (excludes halogenated alkanes) is 5. The molecule has 0 amide bonds. The van der Waals surface area contributed by atoms with E-state index in [2.05, 4.69) is 57.2 Å². The SMILES string of the molecule is CCCCCCCCC(C)c1cc2ccccc2cc1C. The maximum absolute atomic E-state index is 2.41. The molecule has 0 saturated carbocycles. The third-order valence-corrected chi connectivity index (χ3v) is 4.66. The fourth-order valence-electron chi connectivity index (χ4n) is 3.29. The quantitative estimate of drug-likeness (QED) is 0.457. The van der Waals surface area contributed by atoms with Crippen molar-refractivity contribution in [1.82, 2.24) is 0 Å². The number of hydrogen-bond donors (Lipinski definition) is 0. The first kappa shape index (κ1) is 16.1. The fourth-order valence-corrected chi connectivity index (χ4v) is 3.29. The summed E-state index contributed by atoms with van der Waals surface area (Å²) < 4.78 is 0. The smallest absolute Gasteiger partial charge is 0.0181 e. The lowest BCUT2D eigenvalue weighted by molar-refractivity contribution is 0.556. The first-order chi connectivity index (χ1) is 10.2. The Morgan fingerprint density at radius 1 is 0.857 bits per heavy atom. The Morgan fingerprint density at radius 2 is 1.48 bits per heavy atom. The molecular weight excluding hydrogens is 252 g/mol. The van der Waals surface area contributed by atoms with Gasteiger partial charge in [-0.05, 0) is 41.2 Å². The van der Waals surface area contributed by atoms with Crippen LogP contribution in [0.15, 0.2) is 36.4 Å². The summed E-state index contributed by atoms with van der Waals surface area (Å²) >= 11 is 0. The molecule has 0 bridgehead atoms. The molecule has 2 aromatic carbocycles. The van der Waals surface area contributed by atoms with Crippen LogP contribution in [0.4, 0.5) is 0 Å². The monoisotopic (exact) mass is 282 g/mol. The Bertz CT molecular complexity index is 553. The van der Waals surface area contributed by atoms with Gasteiger partial charge < -0.3 is 0 Å². The van der Waals surface area contributed by atoms with Crippen LogP contribution in [0.25, 0.3) is 10.8 Å². The third-order valence-electron chi connectivity index (χ3n) is 4.66. The number of benzene rings is 2. The number of aryl methyl sites for hydroxylation is 1. The van der Waals surface area contributed by atoms with Crippen molar-refractivity contribution >= 4 is 10.8 Å². The molecule has 1 atom stereocenters. The van der Waals surface area contributed by atoms with Crippen LogP contribution in [0.2, 0.25) is 0 Å². The van der Waals surface area contributed by atoms with E-state index in [9.17, 15) is 0 Å². The summed E-state index contributed by atoms with van der Waals surface area (Å²) in [4.78, 5) is 0. The van der Waals surface area contributed by atoms with Gasteiger partial charge in [-0.25, -0.2) is 0 Å². The molecule has 0 nitrogen and oxygen atoms in total. The summed E-state index contributed by atoms with van der Waals surface area (Å²) in [7, 11) is 0. The molecular formula is C21H30. The lowest BCUT2D eigenvalue weighted by atomic mass is 9.89. The van der Waals surface area contributed by atoms with Crippen molar-refractivity contribution in [3.63, 3.8) is 0 Å². The summed E-state index contributed by atoms with van der Waals surface area (Å²) in [6.07, 6.45) is 9.67. The summed E-state index contributed by atoms with van der Waals surface area (Å²) in [5.74, 6) is 0.681. The second-order valence-corrected chi connectivity index (χ2v) is 6.51. The van der Waals surface area contributed by atoms with Gasteiger partial charge in [-0.1, -0.05) is 88.8 Å². The molecule has 0 aliphatic rings. The predicted molar refractivity (Wildman–Crippen MR) is 95.1 cm³/mol. The Balaban J connectivity index is 1.92. The molecule has 0 N–H and O–H groups in total. The van der Waals surface area contributed by atoms with E-state index >= 15 is 0 Å². The Morgan fingerprint density at radius 3 is 2.19 bits per heavy atom. The molecule has 0 aromatic heterocycles. The summed E-state index contributed by atoms with van der Waals surface area (Å²) in [6.45, 7) is 6.94. The van der Waals surface area contributed by atoms with Gasteiger partial charge in [0.1, 0.15) is 0 Å². The minimum atomic E-state index is 0.681. The molecule has 0 radical (unpaired) electrons. The molecule has 0 heterocycles. The zero-order valence-corrected chi connectivity index (χ0v) is 14.0. The second kappa shape index (κ2) is 8.22. The molecule has 0 spiro atoms. The molecule has 1 unspecified atom stereocenters. The van der Waals surface area contributed by atoms with Gasteiger partial charge in [0.05, 0.1) is 0 Å². The van der Waals surface area contributed by atoms with E-state index in [1.54, 1.807) is 5.56 Å². The van der Waals surface area contributed by atoms with Gasteiger partial charge >= 0.3 is 0 Å². The van der Waals surface area contributed by atoms with Gasteiger partial charge in [-0.3, -0.25) is 0 Å². The van der Waals surface area contributed by atoms with Crippen molar-refractivity contribution in [3.8, 4) is 0 Å². The minimum Gasteiger partial charge on any atom is -0.0654 e. The number of rotatable bonds is 8. The fraction of sp³-hybridized carbons (Fsp3) is 0.524. The van der Waals surface area contributed by atoms with Crippen LogP contribution < -0.4 is 0 Å². The molecule has 2 rings (SSSR count). The predicted octanol–water partition coefficient (Wildman–Crippen LogP) is 7.00. The van der Waals surface area contributed by atoms with Crippen molar-refractivity contribution in [3.05, 3.63) is 47.5 Å².